The molecule has 0 saturated carbocycles. The summed E-state index contributed by atoms with van der Waals surface area (Å²) in [6, 6.07) is 0. The Balaban J connectivity index is 2.57. The molecule has 0 aliphatic rings. The van der Waals surface area contributed by atoms with E-state index in [9.17, 15) is 13.2 Å². The van der Waals surface area contributed by atoms with Crippen LogP contribution in [0.5, 0.6) is 0 Å². The highest BCUT2D eigenvalue weighted by Gasteiger charge is 2.30. The van der Waals surface area contributed by atoms with E-state index in [1.165, 1.54) is 16.2 Å². The van der Waals surface area contributed by atoms with E-state index in [0.29, 0.717) is 23.8 Å². The fraction of sp³-hybridized carbons (Fsp3) is 0.667. The molecule has 1 aromatic heterocycles. The molecule has 92 valence electrons. The van der Waals surface area contributed by atoms with Gasteiger partial charge in [0.1, 0.15) is 0 Å². The van der Waals surface area contributed by atoms with Crippen LogP contribution in [0.3, 0.4) is 0 Å². The lowest BCUT2D eigenvalue weighted by molar-refractivity contribution is -0.147. The first-order valence-corrected chi connectivity index (χ1v) is 5.77. The smallest absolute Gasteiger partial charge is 0.375 e. The predicted octanol–water partition coefficient (Wildman–Crippen LogP) is 2.50. The Morgan fingerprint density at radius 1 is 1.50 bits per heavy atom. The van der Waals surface area contributed by atoms with Crippen LogP contribution in [0.15, 0.2) is 5.38 Å². The molecular weight excluding hydrogens is 239 g/mol. The van der Waals surface area contributed by atoms with Gasteiger partial charge in [-0.05, 0) is 13.0 Å². The van der Waals surface area contributed by atoms with Gasteiger partial charge in [-0.25, -0.2) is 4.98 Å². The number of thiazole rings is 1. The highest BCUT2D eigenvalue weighted by Crippen LogP contribution is 2.19. The highest BCUT2D eigenvalue weighted by molar-refractivity contribution is 7.13. The Hall–Kier alpha value is -0.820. The number of nitrogen functional groups attached to an aromatic ring is 1. The van der Waals surface area contributed by atoms with E-state index in [1.807, 2.05) is 6.92 Å². The summed E-state index contributed by atoms with van der Waals surface area (Å²) in [5.74, 6) is 0. The van der Waals surface area contributed by atoms with Crippen molar-refractivity contribution in [2.45, 2.75) is 26.1 Å². The third-order valence-electron chi connectivity index (χ3n) is 1.90. The van der Waals surface area contributed by atoms with Gasteiger partial charge in [-0.15, -0.1) is 11.3 Å². The van der Waals surface area contributed by atoms with Crippen molar-refractivity contribution in [2.75, 3.05) is 18.8 Å². The van der Waals surface area contributed by atoms with Crippen LogP contribution >= 0.6 is 11.3 Å². The average Bonchev–Trinajstić information content (AvgIpc) is 2.48. The lowest BCUT2D eigenvalue weighted by Crippen LogP contribution is -2.34. The van der Waals surface area contributed by atoms with Crippen LogP contribution in [0.4, 0.5) is 18.3 Å². The molecule has 1 rings (SSSR count). The minimum atomic E-state index is -4.17. The maximum atomic E-state index is 12.3. The van der Waals surface area contributed by atoms with Gasteiger partial charge in [0.25, 0.3) is 0 Å². The molecule has 0 unspecified atom stereocenters. The summed E-state index contributed by atoms with van der Waals surface area (Å²) in [5, 5.41) is 2.08. The van der Waals surface area contributed by atoms with E-state index in [0.717, 1.165) is 0 Å². The zero-order chi connectivity index (χ0) is 12.2. The van der Waals surface area contributed by atoms with E-state index in [-0.39, 0.29) is 6.54 Å². The summed E-state index contributed by atoms with van der Waals surface area (Å²) in [6.07, 6.45) is -3.49. The van der Waals surface area contributed by atoms with Gasteiger partial charge < -0.3 is 5.73 Å². The van der Waals surface area contributed by atoms with Crippen LogP contribution in [-0.4, -0.2) is 29.1 Å². The normalized spacial score (nSPS) is 12.3. The minimum absolute atomic E-state index is 0.195. The van der Waals surface area contributed by atoms with E-state index in [1.54, 1.807) is 5.38 Å². The molecule has 0 spiro atoms. The number of nitrogens with two attached hydrogens (primary N) is 1. The van der Waals surface area contributed by atoms with Crippen LogP contribution in [0.25, 0.3) is 0 Å². The first-order chi connectivity index (χ1) is 7.40. The second-order valence-electron chi connectivity index (χ2n) is 3.50. The van der Waals surface area contributed by atoms with Gasteiger partial charge in [-0.3, -0.25) is 4.90 Å². The predicted molar refractivity (Wildman–Crippen MR) is 58.1 cm³/mol. The largest absolute Gasteiger partial charge is 0.401 e. The first-order valence-electron chi connectivity index (χ1n) is 4.89. The van der Waals surface area contributed by atoms with Gasteiger partial charge in [0.15, 0.2) is 5.13 Å². The molecule has 0 atom stereocenters. The molecule has 0 aromatic carbocycles. The Morgan fingerprint density at radius 2 is 2.19 bits per heavy atom. The molecule has 16 heavy (non-hydrogen) atoms. The van der Waals surface area contributed by atoms with Crippen molar-refractivity contribution in [3.05, 3.63) is 11.1 Å². The van der Waals surface area contributed by atoms with Gasteiger partial charge in [-0.2, -0.15) is 13.2 Å². The van der Waals surface area contributed by atoms with Crippen molar-refractivity contribution in [3.63, 3.8) is 0 Å². The SMILES string of the molecule is CCCN(Cc1csc(N)n1)CC(F)(F)F. The molecule has 0 bridgehead atoms. The maximum absolute atomic E-state index is 12.3. The number of aromatic nitrogens is 1. The first kappa shape index (κ1) is 13.2. The maximum Gasteiger partial charge on any atom is 0.401 e. The summed E-state index contributed by atoms with van der Waals surface area (Å²) in [4.78, 5) is 5.28. The molecule has 2 N–H and O–H groups in total. The summed E-state index contributed by atoms with van der Waals surface area (Å²) in [6.45, 7) is 1.54. The average molecular weight is 253 g/mol. The number of hydrogen-bond acceptors (Lipinski definition) is 4. The van der Waals surface area contributed by atoms with Crippen LogP contribution in [0.1, 0.15) is 19.0 Å². The fourth-order valence-corrected chi connectivity index (χ4v) is 1.96. The molecule has 0 saturated heterocycles. The van der Waals surface area contributed by atoms with Crippen LogP contribution < -0.4 is 5.73 Å². The van der Waals surface area contributed by atoms with Gasteiger partial charge in [0.2, 0.25) is 0 Å². The molecule has 7 heteroatoms. The zero-order valence-corrected chi connectivity index (χ0v) is 9.74. The van der Waals surface area contributed by atoms with Crippen molar-refractivity contribution in [2.24, 2.45) is 0 Å². The molecule has 0 aliphatic heterocycles. The number of rotatable bonds is 5. The molecular formula is C9H14F3N3S. The van der Waals surface area contributed by atoms with Crippen LogP contribution in [0, 0.1) is 0 Å². The van der Waals surface area contributed by atoms with Gasteiger partial charge in [0.05, 0.1) is 12.2 Å². The fourth-order valence-electron chi connectivity index (χ4n) is 1.41. The number of halogens is 3. The zero-order valence-electron chi connectivity index (χ0n) is 8.92. The third kappa shape index (κ3) is 4.80. The van der Waals surface area contributed by atoms with Crippen molar-refractivity contribution in [3.8, 4) is 0 Å². The van der Waals surface area contributed by atoms with E-state index in [4.69, 9.17) is 5.73 Å². The lowest BCUT2D eigenvalue weighted by Gasteiger charge is -2.21. The molecule has 1 aromatic rings. The van der Waals surface area contributed by atoms with Crippen molar-refractivity contribution >= 4 is 16.5 Å². The Bertz CT molecular complexity index is 324. The standard InChI is InChI=1S/C9H14F3N3S/c1-2-3-15(6-9(10,11)12)4-7-5-16-8(13)14-7/h5H,2-4,6H2,1H3,(H2,13,14). The Labute approximate surface area is 96.1 Å². The molecule has 0 fully saturated rings. The number of alkyl halides is 3. The summed E-state index contributed by atoms with van der Waals surface area (Å²) >= 11 is 1.24. The second-order valence-corrected chi connectivity index (χ2v) is 4.39. The summed E-state index contributed by atoms with van der Waals surface area (Å²) in [7, 11) is 0. The number of nitrogens with zero attached hydrogens (tertiary/aromatic N) is 2. The monoisotopic (exact) mass is 253 g/mol. The van der Waals surface area contributed by atoms with E-state index < -0.39 is 12.7 Å². The quantitative estimate of drug-likeness (QED) is 0.876. The summed E-state index contributed by atoms with van der Waals surface area (Å²) < 4.78 is 36.8. The number of hydrogen-bond donors (Lipinski definition) is 1. The second kappa shape index (κ2) is 5.49. The Kier molecular flexibility index (Phi) is 4.55. The molecule has 1 heterocycles. The molecule has 0 aliphatic carbocycles. The van der Waals surface area contributed by atoms with E-state index in [2.05, 4.69) is 4.98 Å². The Morgan fingerprint density at radius 3 is 2.62 bits per heavy atom. The minimum Gasteiger partial charge on any atom is -0.375 e. The highest BCUT2D eigenvalue weighted by atomic mass is 32.1. The van der Waals surface area contributed by atoms with Crippen LogP contribution in [0.2, 0.25) is 0 Å². The number of anilines is 1. The summed E-state index contributed by atoms with van der Waals surface area (Å²) in [5.41, 5.74) is 6.02. The van der Waals surface area contributed by atoms with Gasteiger partial charge in [0, 0.05) is 11.9 Å². The van der Waals surface area contributed by atoms with E-state index >= 15 is 0 Å². The van der Waals surface area contributed by atoms with Gasteiger partial charge in [-0.1, -0.05) is 6.92 Å². The molecule has 0 radical (unpaired) electrons. The van der Waals surface area contributed by atoms with Crippen molar-refractivity contribution in [1.29, 1.82) is 0 Å². The van der Waals surface area contributed by atoms with Crippen molar-refractivity contribution in [1.82, 2.24) is 9.88 Å². The van der Waals surface area contributed by atoms with Crippen molar-refractivity contribution < 1.29 is 13.2 Å². The topological polar surface area (TPSA) is 42.1 Å². The lowest BCUT2D eigenvalue weighted by atomic mass is 10.3. The third-order valence-corrected chi connectivity index (χ3v) is 2.62. The van der Waals surface area contributed by atoms with Gasteiger partial charge >= 0.3 is 6.18 Å². The molecule has 3 nitrogen and oxygen atoms in total. The van der Waals surface area contributed by atoms with Crippen LogP contribution in [-0.2, 0) is 6.54 Å². The molecule has 0 amide bonds.